The number of carboxylic acids is 1. The summed E-state index contributed by atoms with van der Waals surface area (Å²) in [5, 5.41) is 8.46. The maximum atomic E-state index is 13.4. The molecule has 3 heterocycles. The number of carbonyl (C=O) groups is 4. The highest BCUT2D eigenvalue weighted by atomic mass is 32.2. The van der Waals surface area contributed by atoms with Gasteiger partial charge in [-0.05, 0) is 30.3 Å². The van der Waals surface area contributed by atoms with Crippen LogP contribution in [0.3, 0.4) is 0 Å². The van der Waals surface area contributed by atoms with Gasteiger partial charge in [-0.1, -0.05) is 30.0 Å². The lowest BCUT2D eigenvalue weighted by atomic mass is 9.77. The standard InChI is InChI=1S/C21H14N2O6S/c22-17-15-13(11-3-1-2-4-12(11)29-21(15)28)14-16(30-17)19(25)23(18(14)24)10-7-5-9(6-8-10)20(26)27/h1-8,13-14,16H,22H2,(H,26,27)/t13-,14+,16-/m1/s1. The number of fused-ring (bicyclic) bond motifs is 5. The number of para-hydroxylation sites is 1. The van der Waals surface area contributed by atoms with Gasteiger partial charge in [0.15, 0.2) is 0 Å². The predicted molar refractivity (Wildman–Crippen MR) is 107 cm³/mol. The summed E-state index contributed by atoms with van der Waals surface area (Å²) in [6.45, 7) is 0. The Morgan fingerprint density at radius 3 is 2.43 bits per heavy atom. The number of benzene rings is 2. The van der Waals surface area contributed by atoms with E-state index in [1.807, 2.05) is 0 Å². The minimum Gasteiger partial charge on any atom is -0.478 e. The number of esters is 1. The van der Waals surface area contributed by atoms with Crippen molar-refractivity contribution in [3.8, 4) is 5.75 Å². The summed E-state index contributed by atoms with van der Waals surface area (Å²) in [5.74, 6) is -3.79. The van der Waals surface area contributed by atoms with E-state index in [9.17, 15) is 19.2 Å². The molecule has 3 aliphatic heterocycles. The zero-order valence-electron chi connectivity index (χ0n) is 15.3. The van der Waals surface area contributed by atoms with E-state index in [0.717, 1.165) is 16.7 Å². The number of carbonyl (C=O) groups excluding carboxylic acids is 3. The first-order chi connectivity index (χ1) is 14.4. The van der Waals surface area contributed by atoms with Gasteiger partial charge in [-0.2, -0.15) is 0 Å². The Kier molecular flexibility index (Phi) is 3.97. The van der Waals surface area contributed by atoms with E-state index in [-0.39, 0.29) is 21.9 Å². The van der Waals surface area contributed by atoms with Crippen LogP contribution in [-0.2, 0) is 14.4 Å². The number of hydrogen-bond acceptors (Lipinski definition) is 7. The second-order valence-corrected chi connectivity index (χ2v) is 8.29. The Labute approximate surface area is 174 Å². The Morgan fingerprint density at radius 2 is 1.73 bits per heavy atom. The molecule has 0 saturated carbocycles. The van der Waals surface area contributed by atoms with E-state index >= 15 is 0 Å². The third-order valence-corrected chi connectivity index (χ3v) is 6.76. The van der Waals surface area contributed by atoms with Crippen LogP contribution >= 0.6 is 11.8 Å². The van der Waals surface area contributed by atoms with Gasteiger partial charge in [-0.25, -0.2) is 14.5 Å². The smallest absolute Gasteiger partial charge is 0.342 e. The van der Waals surface area contributed by atoms with E-state index in [0.29, 0.717) is 11.3 Å². The Balaban J connectivity index is 1.61. The summed E-state index contributed by atoms with van der Waals surface area (Å²) in [5.41, 5.74) is 7.28. The fraction of sp³-hybridized carbons (Fsp3) is 0.143. The fourth-order valence-electron chi connectivity index (χ4n) is 4.21. The van der Waals surface area contributed by atoms with Crippen molar-refractivity contribution >= 4 is 41.2 Å². The van der Waals surface area contributed by atoms with Crippen molar-refractivity contribution < 1.29 is 29.0 Å². The molecule has 150 valence electrons. The SMILES string of the molecule is NC1=C2C(=O)Oc3ccccc3[C@@H]2[C@@H]2C(=O)N(c3ccc(C(=O)O)cc3)C(=O)[C@@H]2S1. The number of aromatic carboxylic acids is 1. The maximum absolute atomic E-state index is 13.4. The zero-order valence-corrected chi connectivity index (χ0v) is 16.1. The lowest BCUT2D eigenvalue weighted by molar-refractivity contribution is -0.131. The van der Waals surface area contributed by atoms with E-state index in [1.54, 1.807) is 24.3 Å². The van der Waals surface area contributed by atoms with Crippen LogP contribution in [0.1, 0.15) is 21.8 Å². The van der Waals surface area contributed by atoms with Crippen LogP contribution < -0.4 is 15.4 Å². The quantitative estimate of drug-likeness (QED) is 0.427. The average molecular weight is 422 g/mol. The van der Waals surface area contributed by atoms with Crippen molar-refractivity contribution in [3.63, 3.8) is 0 Å². The van der Waals surface area contributed by atoms with Crippen molar-refractivity contribution in [3.05, 3.63) is 70.3 Å². The zero-order chi connectivity index (χ0) is 21.2. The number of nitrogens with two attached hydrogens (primary N) is 1. The molecule has 8 nitrogen and oxygen atoms in total. The second-order valence-electron chi connectivity index (χ2n) is 7.11. The first-order valence-electron chi connectivity index (χ1n) is 9.07. The molecule has 3 aliphatic rings. The van der Waals surface area contributed by atoms with Crippen LogP contribution in [0.2, 0.25) is 0 Å². The third kappa shape index (κ3) is 2.48. The van der Waals surface area contributed by atoms with E-state index in [2.05, 4.69) is 0 Å². The molecule has 9 heteroatoms. The average Bonchev–Trinajstić information content (AvgIpc) is 2.97. The van der Waals surface area contributed by atoms with Gasteiger partial charge in [0.05, 0.1) is 27.8 Å². The van der Waals surface area contributed by atoms with Gasteiger partial charge in [0, 0.05) is 11.5 Å². The summed E-state index contributed by atoms with van der Waals surface area (Å²) in [6, 6.07) is 12.4. The van der Waals surface area contributed by atoms with Crippen molar-refractivity contribution in [2.45, 2.75) is 11.2 Å². The number of rotatable bonds is 2. The minimum atomic E-state index is -1.11. The lowest BCUT2D eigenvalue weighted by Gasteiger charge is -2.36. The number of carboxylic acid groups (broad SMARTS) is 1. The molecule has 0 aliphatic carbocycles. The summed E-state index contributed by atoms with van der Waals surface area (Å²) in [4.78, 5) is 51.3. The van der Waals surface area contributed by atoms with Crippen LogP contribution in [0.5, 0.6) is 5.75 Å². The molecule has 2 aromatic carbocycles. The molecular weight excluding hydrogens is 408 g/mol. The van der Waals surface area contributed by atoms with E-state index in [4.69, 9.17) is 15.6 Å². The number of anilines is 1. The van der Waals surface area contributed by atoms with Crippen LogP contribution in [0, 0.1) is 5.92 Å². The third-order valence-electron chi connectivity index (χ3n) is 5.53. The molecule has 30 heavy (non-hydrogen) atoms. The maximum Gasteiger partial charge on any atom is 0.342 e. The van der Waals surface area contributed by atoms with Crippen LogP contribution in [0.15, 0.2) is 59.1 Å². The van der Waals surface area contributed by atoms with Crippen molar-refractivity contribution in [1.82, 2.24) is 0 Å². The van der Waals surface area contributed by atoms with Gasteiger partial charge in [-0.15, -0.1) is 0 Å². The molecule has 2 amide bonds. The van der Waals surface area contributed by atoms with Gasteiger partial charge in [0.1, 0.15) is 11.0 Å². The normalized spacial score (nSPS) is 24.9. The summed E-state index contributed by atoms with van der Waals surface area (Å²) >= 11 is 0.990. The van der Waals surface area contributed by atoms with Crippen LogP contribution in [0.25, 0.3) is 0 Å². The molecular formula is C21H14N2O6S. The van der Waals surface area contributed by atoms with Gasteiger partial charge >= 0.3 is 11.9 Å². The fourth-order valence-corrected chi connectivity index (χ4v) is 5.45. The van der Waals surface area contributed by atoms with E-state index < -0.39 is 40.8 Å². The number of amides is 2. The molecule has 3 N–H and O–H groups in total. The second kappa shape index (κ2) is 6.46. The molecule has 3 atom stereocenters. The largest absolute Gasteiger partial charge is 0.478 e. The number of nitrogens with zero attached hydrogens (tertiary/aromatic N) is 1. The predicted octanol–water partition coefficient (Wildman–Crippen LogP) is 1.86. The summed E-state index contributed by atoms with van der Waals surface area (Å²) < 4.78 is 5.37. The molecule has 1 fully saturated rings. The monoisotopic (exact) mass is 422 g/mol. The number of thioether (sulfide) groups is 1. The number of hydrogen-bond donors (Lipinski definition) is 2. The van der Waals surface area contributed by atoms with Crippen molar-refractivity contribution in [1.29, 1.82) is 0 Å². The van der Waals surface area contributed by atoms with Crippen molar-refractivity contribution in [2.24, 2.45) is 11.7 Å². The van der Waals surface area contributed by atoms with Crippen LogP contribution in [-0.4, -0.2) is 34.1 Å². The number of imide groups is 1. The Hall–Kier alpha value is -3.59. The highest BCUT2D eigenvalue weighted by molar-refractivity contribution is 8.04. The first kappa shape index (κ1) is 18.4. The highest BCUT2D eigenvalue weighted by Crippen LogP contribution is 2.54. The highest BCUT2D eigenvalue weighted by Gasteiger charge is 2.58. The van der Waals surface area contributed by atoms with Crippen LogP contribution in [0.4, 0.5) is 5.69 Å². The molecule has 0 aromatic heterocycles. The van der Waals surface area contributed by atoms with Gasteiger partial charge < -0.3 is 15.6 Å². The molecule has 1 saturated heterocycles. The Bertz CT molecular complexity index is 1170. The molecule has 0 spiro atoms. The first-order valence-corrected chi connectivity index (χ1v) is 9.95. The van der Waals surface area contributed by atoms with Gasteiger partial charge in [0.25, 0.3) is 0 Å². The van der Waals surface area contributed by atoms with Crippen molar-refractivity contribution in [2.75, 3.05) is 4.90 Å². The van der Waals surface area contributed by atoms with Gasteiger partial charge in [-0.3, -0.25) is 9.59 Å². The molecule has 0 unspecified atom stereocenters. The number of ether oxygens (including phenoxy) is 1. The molecule has 0 bridgehead atoms. The Morgan fingerprint density at radius 1 is 1.03 bits per heavy atom. The lowest BCUT2D eigenvalue weighted by Crippen LogP contribution is -2.39. The molecule has 2 aromatic rings. The van der Waals surface area contributed by atoms with Gasteiger partial charge in [0.2, 0.25) is 11.8 Å². The summed E-state index contributed by atoms with van der Waals surface area (Å²) in [7, 11) is 0. The summed E-state index contributed by atoms with van der Waals surface area (Å²) in [6.07, 6.45) is 0. The topological polar surface area (TPSA) is 127 Å². The minimum absolute atomic E-state index is 0.0433. The molecule has 0 radical (unpaired) electrons. The van der Waals surface area contributed by atoms with E-state index in [1.165, 1.54) is 24.3 Å². The molecule has 5 rings (SSSR count).